The van der Waals surface area contributed by atoms with E-state index in [-0.39, 0.29) is 12.2 Å². The highest BCUT2D eigenvalue weighted by molar-refractivity contribution is 5.45. The van der Waals surface area contributed by atoms with Gasteiger partial charge in [0.2, 0.25) is 0 Å². The standard InChI is InChI=1S/C11H8F3NO/c12-8-3-9(13)11(14)10(4-8)15-5-7-1-2-16-6-7/h1-4,6,15H,5H2. The molecular formula is C11H8F3NO. The first-order chi connectivity index (χ1) is 7.66. The smallest absolute Gasteiger partial charge is 0.182 e. The van der Waals surface area contributed by atoms with Crippen LogP contribution < -0.4 is 5.32 Å². The molecule has 0 aliphatic carbocycles. The molecule has 84 valence electrons. The third-order valence-corrected chi connectivity index (χ3v) is 2.06. The second kappa shape index (κ2) is 4.30. The molecule has 0 atom stereocenters. The number of benzene rings is 1. The Kier molecular flexibility index (Phi) is 2.85. The fourth-order valence-corrected chi connectivity index (χ4v) is 1.28. The van der Waals surface area contributed by atoms with Gasteiger partial charge in [0.15, 0.2) is 11.6 Å². The summed E-state index contributed by atoms with van der Waals surface area (Å²) in [6, 6.07) is 3.07. The molecule has 2 rings (SSSR count). The van der Waals surface area contributed by atoms with Crippen molar-refractivity contribution in [3.8, 4) is 0 Å². The Balaban J connectivity index is 2.15. The minimum atomic E-state index is -1.21. The lowest BCUT2D eigenvalue weighted by atomic mass is 10.2. The fourth-order valence-electron chi connectivity index (χ4n) is 1.28. The van der Waals surface area contributed by atoms with Crippen LogP contribution in [0, 0.1) is 17.5 Å². The second-order valence-corrected chi connectivity index (χ2v) is 3.23. The maximum Gasteiger partial charge on any atom is 0.182 e. The third-order valence-electron chi connectivity index (χ3n) is 2.06. The van der Waals surface area contributed by atoms with Crippen LogP contribution in [0.5, 0.6) is 0 Å². The van der Waals surface area contributed by atoms with Crippen LogP contribution in [-0.2, 0) is 6.54 Å². The molecule has 1 aromatic heterocycles. The molecular weight excluding hydrogens is 219 g/mol. The molecule has 0 saturated carbocycles. The van der Waals surface area contributed by atoms with E-state index >= 15 is 0 Å². The third kappa shape index (κ3) is 2.18. The van der Waals surface area contributed by atoms with Gasteiger partial charge in [-0.2, -0.15) is 0 Å². The molecule has 0 bridgehead atoms. The first-order valence-corrected chi connectivity index (χ1v) is 4.56. The van der Waals surface area contributed by atoms with E-state index in [0.717, 1.165) is 11.6 Å². The molecule has 0 aliphatic rings. The van der Waals surface area contributed by atoms with Crippen molar-refractivity contribution in [2.75, 3.05) is 5.32 Å². The number of nitrogens with one attached hydrogen (secondary N) is 1. The highest BCUT2D eigenvalue weighted by Crippen LogP contribution is 2.19. The van der Waals surface area contributed by atoms with Gasteiger partial charge in [-0.3, -0.25) is 0 Å². The van der Waals surface area contributed by atoms with Crippen LogP contribution in [-0.4, -0.2) is 0 Å². The molecule has 0 radical (unpaired) electrons. The average Bonchev–Trinajstić information content (AvgIpc) is 2.74. The Morgan fingerprint density at radius 1 is 1.19 bits per heavy atom. The second-order valence-electron chi connectivity index (χ2n) is 3.23. The van der Waals surface area contributed by atoms with Crippen LogP contribution >= 0.6 is 0 Å². The Morgan fingerprint density at radius 3 is 2.69 bits per heavy atom. The number of hydrogen-bond acceptors (Lipinski definition) is 2. The molecule has 1 heterocycles. The molecule has 0 spiro atoms. The summed E-state index contributed by atoms with van der Waals surface area (Å²) < 4.78 is 43.6. The Labute approximate surface area is 89.7 Å². The number of halogens is 3. The summed E-state index contributed by atoms with van der Waals surface area (Å²) in [5, 5.41) is 2.58. The van der Waals surface area contributed by atoms with Gasteiger partial charge in [-0.05, 0) is 6.07 Å². The van der Waals surface area contributed by atoms with Gasteiger partial charge < -0.3 is 9.73 Å². The summed E-state index contributed by atoms with van der Waals surface area (Å²) in [7, 11) is 0. The first-order valence-electron chi connectivity index (χ1n) is 4.56. The normalized spacial score (nSPS) is 10.4. The van der Waals surface area contributed by atoms with Gasteiger partial charge in [-0.25, -0.2) is 13.2 Å². The van der Waals surface area contributed by atoms with Crippen molar-refractivity contribution < 1.29 is 17.6 Å². The lowest BCUT2D eigenvalue weighted by Gasteiger charge is -2.06. The summed E-state index contributed by atoms with van der Waals surface area (Å²) in [6.07, 6.45) is 2.92. The topological polar surface area (TPSA) is 25.2 Å². The van der Waals surface area contributed by atoms with Crippen LogP contribution in [0.15, 0.2) is 35.1 Å². The van der Waals surface area contributed by atoms with E-state index in [2.05, 4.69) is 5.32 Å². The summed E-state index contributed by atoms with van der Waals surface area (Å²) in [4.78, 5) is 0. The van der Waals surface area contributed by atoms with Gasteiger partial charge in [0, 0.05) is 24.2 Å². The average molecular weight is 227 g/mol. The zero-order valence-corrected chi connectivity index (χ0v) is 8.14. The lowest BCUT2D eigenvalue weighted by Crippen LogP contribution is -2.02. The molecule has 0 amide bonds. The number of hydrogen-bond donors (Lipinski definition) is 1. The van der Waals surface area contributed by atoms with E-state index in [9.17, 15) is 13.2 Å². The molecule has 0 aliphatic heterocycles. The van der Waals surface area contributed by atoms with Crippen molar-refractivity contribution in [3.05, 3.63) is 53.7 Å². The van der Waals surface area contributed by atoms with E-state index in [4.69, 9.17) is 4.42 Å². The SMILES string of the molecule is Fc1cc(F)c(F)c(NCc2ccoc2)c1. The maximum absolute atomic E-state index is 13.2. The number of furan rings is 1. The predicted octanol–water partition coefficient (Wildman–Crippen LogP) is 3.31. The van der Waals surface area contributed by atoms with E-state index in [1.165, 1.54) is 12.5 Å². The predicted molar refractivity (Wildman–Crippen MR) is 52.4 cm³/mol. The van der Waals surface area contributed by atoms with Crippen molar-refractivity contribution in [2.45, 2.75) is 6.54 Å². The Morgan fingerprint density at radius 2 is 2.00 bits per heavy atom. The van der Waals surface area contributed by atoms with E-state index in [1.807, 2.05) is 0 Å². The number of rotatable bonds is 3. The quantitative estimate of drug-likeness (QED) is 0.814. The van der Waals surface area contributed by atoms with Crippen molar-refractivity contribution in [2.24, 2.45) is 0 Å². The molecule has 0 unspecified atom stereocenters. The summed E-state index contributed by atoms with van der Waals surface area (Å²) >= 11 is 0. The molecule has 1 N–H and O–H groups in total. The number of anilines is 1. The molecule has 0 fully saturated rings. The first kappa shape index (κ1) is 10.6. The summed E-state index contributed by atoms with van der Waals surface area (Å²) in [5.41, 5.74) is 0.544. The minimum absolute atomic E-state index is 0.210. The molecule has 0 saturated heterocycles. The molecule has 16 heavy (non-hydrogen) atoms. The molecule has 2 aromatic rings. The van der Waals surface area contributed by atoms with Crippen molar-refractivity contribution in [1.29, 1.82) is 0 Å². The Bertz CT molecular complexity index is 482. The largest absolute Gasteiger partial charge is 0.472 e. The van der Waals surface area contributed by atoms with Gasteiger partial charge in [0.1, 0.15) is 5.82 Å². The van der Waals surface area contributed by atoms with Gasteiger partial charge in [-0.15, -0.1) is 0 Å². The molecule has 1 aromatic carbocycles. The minimum Gasteiger partial charge on any atom is -0.472 e. The fraction of sp³-hybridized carbons (Fsp3) is 0.0909. The lowest BCUT2D eigenvalue weighted by molar-refractivity contribution is 0.497. The zero-order chi connectivity index (χ0) is 11.5. The molecule has 5 heteroatoms. The molecule has 2 nitrogen and oxygen atoms in total. The van der Waals surface area contributed by atoms with E-state index < -0.39 is 17.5 Å². The van der Waals surface area contributed by atoms with Gasteiger partial charge in [-0.1, -0.05) is 0 Å². The van der Waals surface area contributed by atoms with Crippen LogP contribution in [0.25, 0.3) is 0 Å². The van der Waals surface area contributed by atoms with E-state index in [0.29, 0.717) is 6.07 Å². The van der Waals surface area contributed by atoms with Crippen LogP contribution in [0.4, 0.5) is 18.9 Å². The summed E-state index contributed by atoms with van der Waals surface area (Å²) in [5.74, 6) is -3.13. The highest BCUT2D eigenvalue weighted by Gasteiger charge is 2.10. The summed E-state index contributed by atoms with van der Waals surface area (Å²) in [6.45, 7) is 0.232. The zero-order valence-electron chi connectivity index (χ0n) is 8.14. The van der Waals surface area contributed by atoms with Crippen molar-refractivity contribution in [3.63, 3.8) is 0 Å². The van der Waals surface area contributed by atoms with Gasteiger partial charge >= 0.3 is 0 Å². The van der Waals surface area contributed by atoms with E-state index in [1.54, 1.807) is 6.07 Å². The van der Waals surface area contributed by atoms with Gasteiger partial charge in [0.25, 0.3) is 0 Å². The van der Waals surface area contributed by atoms with Crippen molar-refractivity contribution >= 4 is 5.69 Å². The van der Waals surface area contributed by atoms with Crippen LogP contribution in [0.1, 0.15) is 5.56 Å². The highest BCUT2D eigenvalue weighted by atomic mass is 19.2. The monoisotopic (exact) mass is 227 g/mol. The Hall–Kier alpha value is -1.91. The van der Waals surface area contributed by atoms with Crippen molar-refractivity contribution in [1.82, 2.24) is 0 Å². The maximum atomic E-state index is 13.2. The van der Waals surface area contributed by atoms with Crippen LogP contribution in [0.3, 0.4) is 0 Å². The van der Waals surface area contributed by atoms with Crippen LogP contribution in [0.2, 0.25) is 0 Å². The van der Waals surface area contributed by atoms with Gasteiger partial charge in [0.05, 0.1) is 18.2 Å².